The molecule has 0 fully saturated rings. The van der Waals surface area contributed by atoms with Crippen LogP contribution in [0.1, 0.15) is 5.56 Å². The van der Waals surface area contributed by atoms with Crippen molar-refractivity contribution in [3.05, 3.63) is 91.1 Å². The summed E-state index contributed by atoms with van der Waals surface area (Å²) in [5.41, 5.74) is 1.76. The SMILES string of the molecule is C=C/C=C(C=C)/C=C/C(=O)/C=C/c1cc#ccc1. The van der Waals surface area contributed by atoms with Crippen molar-refractivity contribution in [2.75, 3.05) is 0 Å². The summed E-state index contributed by atoms with van der Waals surface area (Å²) in [7, 11) is 0. The van der Waals surface area contributed by atoms with Gasteiger partial charge in [0.05, 0.1) is 0 Å². The highest BCUT2D eigenvalue weighted by atomic mass is 16.1. The van der Waals surface area contributed by atoms with Gasteiger partial charge >= 0.3 is 0 Å². The lowest BCUT2D eigenvalue weighted by molar-refractivity contribution is -0.110. The van der Waals surface area contributed by atoms with Gasteiger partial charge in [-0.05, 0) is 41.5 Å². The molecule has 0 aromatic heterocycles. The Balaban J connectivity index is 2.64. The van der Waals surface area contributed by atoms with Crippen LogP contribution in [0, 0.1) is 12.1 Å². The third kappa shape index (κ3) is 4.96. The highest BCUT2D eigenvalue weighted by molar-refractivity contribution is 6.02. The van der Waals surface area contributed by atoms with Crippen molar-refractivity contribution in [1.29, 1.82) is 0 Å². The van der Waals surface area contributed by atoms with Gasteiger partial charge in [-0.25, -0.2) is 0 Å². The normalized spacial score (nSPS) is 11.4. The van der Waals surface area contributed by atoms with Gasteiger partial charge in [0, 0.05) is 0 Å². The molecule has 0 aliphatic heterocycles. The molecule has 0 aliphatic rings. The summed E-state index contributed by atoms with van der Waals surface area (Å²) in [6, 6.07) is 11.0. The van der Waals surface area contributed by atoms with Gasteiger partial charge in [-0.1, -0.05) is 55.7 Å². The van der Waals surface area contributed by atoms with Crippen LogP contribution >= 0.6 is 0 Å². The van der Waals surface area contributed by atoms with Crippen LogP contribution in [0.25, 0.3) is 6.08 Å². The smallest absolute Gasteiger partial charge is 0.178 e. The number of carbonyl (C=O) groups is 1. The van der Waals surface area contributed by atoms with Crippen molar-refractivity contribution in [2.24, 2.45) is 0 Å². The summed E-state index contributed by atoms with van der Waals surface area (Å²) in [4.78, 5) is 11.6. The fourth-order valence-corrected chi connectivity index (χ4v) is 1.20. The van der Waals surface area contributed by atoms with Crippen molar-refractivity contribution in [1.82, 2.24) is 0 Å². The van der Waals surface area contributed by atoms with Crippen molar-refractivity contribution in [3.8, 4) is 0 Å². The Bertz CT molecular complexity index is 502. The molecule has 1 nitrogen and oxygen atoms in total. The van der Waals surface area contributed by atoms with E-state index in [1.54, 1.807) is 42.5 Å². The highest BCUT2D eigenvalue weighted by Gasteiger charge is 1.90. The molecule has 1 aromatic carbocycles. The van der Waals surface area contributed by atoms with Gasteiger partial charge in [0.25, 0.3) is 0 Å². The Kier molecular flexibility index (Phi) is 5.72. The van der Waals surface area contributed by atoms with Crippen LogP contribution in [0.4, 0.5) is 0 Å². The van der Waals surface area contributed by atoms with E-state index in [4.69, 9.17) is 0 Å². The molecule has 1 aromatic rings. The minimum absolute atomic E-state index is 0.0837. The minimum Gasteiger partial charge on any atom is -0.290 e. The van der Waals surface area contributed by atoms with E-state index in [-0.39, 0.29) is 5.78 Å². The van der Waals surface area contributed by atoms with E-state index in [0.717, 1.165) is 11.1 Å². The molecule has 18 heavy (non-hydrogen) atoms. The predicted octanol–water partition coefficient (Wildman–Crippen LogP) is 3.72. The summed E-state index contributed by atoms with van der Waals surface area (Å²) in [6.07, 6.45) is 11.5. The van der Waals surface area contributed by atoms with Gasteiger partial charge in [0.1, 0.15) is 0 Å². The lowest BCUT2D eigenvalue weighted by Crippen LogP contribution is -1.85. The molecule has 0 spiro atoms. The quantitative estimate of drug-likeness (QED) is 0.541. The van der Waals surface area contributed by atoms with Gasteiger partial charge in [-0.3, -0.25) is 4.79 Å². The van der Waals surface area contributed by atoms with E-state index in [2.05, 4.69) is 25.3 Å². The van der Waals surface area contributed by atoms with Crippen LogP contribution in [-0.2, 0) is 4.79 Å². The largest absolute Gasteiger partial charge is 0.290 e. The fraction of sp³-hybridized carbons (Fsp3) is 0. The maximum absolute atomic E-state index is 11.6. The number of ketones is 1. The second kappa shape index (κ2) is 7.65. The van der Waals surface area contributed by atoms with Crippen molar-refractivity contribution < 1.29 is 4.79 Å². The molecule has 1 heteroatoms. The van der Waals surface area contributed by atoms with Crippen LogP contribution in [-0.4, -0.2) is 5.78 Å². The molecule has 88 valence electrons. The number of rotatable bonds is 6. The first-order valence-electron chi connectivity index (χ1n) is 5.49. The zero-order valence-corrected chi connectivity index (χ0v) is 10.1. The number of carbonyl (C=O) groups excluding carboxylic acids is 1. The van der Waals surface area contributed by atoms with Gasteiger partial charge in [-0.2, -0.15) is 0 Å². The molecule has 0 saturated carbocycles. The summed E-state index contributed by atoms with van der Waals surface area (Å²) in [5.74, 6) is -0.0837. The molecule has 0 amide bonds. The molecule has 0 heterocycles. The summed E-state index contributed by atoms with van der Waals surface area (Å²) in [5, 5.41) is 0. The zero-order chi connectivity index (χ0) is 13.2. The summed E-state index contributed by atoms with van der Waals surface area (Å²) >= 11 is 0. The Morgan fingerprint density at radius 1 is 1.17 bits per heavy atom. The molecule has 1 rings (SSSR count). The molecular formula is C17H14O. The van der Waals surface area contributed by atoms with Crippen LogP contribution < -0.4 is 0 Å². The van der Waals surface area contributed by atoms with Crippen molar-refractivity contribution in [2.45, 2.75) is 0 Å². The second-order valence-corrected chi connectivity index (χ2v) is 3.44. The molecule has 0 saturated heterocycles. The topological polar surface area (TPSA) is 17.1 Å². The van der Waals surface area contributed by atoms with E-state index < -0.39 is 0 Å². The Morgan fingerprint density at radius 2 is 2.00 bits per heavy atom. The monoisotopic (exact) mass is 234 g/mol. The summed E-state index contributed by atoms with van der Waals surface area (Å²) < 4.78 is 0. The lowest BCUT2D eigenvalue weighted by atomic mass is 10.2. The molecule has 0 bridgehead atoms. The molecule has 0 aliphatic carbocycles. The highest BCUT2D eigenvalue weighted by Crippen LogP contribution is 2.01. The van der Waals surface area contributed by atoms with Gasteiger partial charge in [-0.15, -0.1) is 0 Å². The van der Waals surface area contributed by atoms with E-state index in [1.165, 1.54) is 12.2 Å². The van der Waals surface area contributed by atoms with E-state index >= 15 is 0 Å². The molecule has 0 unspecified atom stereocenters. The lowest BCUT2D eigenvalue weighted by Gasteiger charge is -1.90. The summed E-state index contributed by atoms with van der Waals surface area (Å²) in [6.45, 7) is 7.24. The van der Waals surface area contributed by atoms with Crippen LogP contribution in [0.5, 0.6) is 0 Å². The maximum Gasteiger partial charge on any atom is 0.178 e. The molecule has 0 radical (unpaired) electrons. The third-order valence-electron chi connectivity index (χ3n) is 2.11. The van der Waals surface area contributed by atoms with Gasteiger partial charge < -0.3 is 0 Å². The van der Waals surface area contributed by atoms with Crippen molar-refractivity contribution in [3.63, 3.8) is 0 Å². The van der Waals surface area contributed by atoms with Crippen LogP contribution in [0.15, 0.2) is 73.4 Å². The first-order valence-corrected chi connectivity index (χ1v) is 5.49. The first-order chi connectivity index (χ1) is 8.76. The Hall–Kier alpha value is -2.59. The van der Waals surface area contributed by atoms with Gasteiger partial charge in [0.2, 0.25) is 0 Å². The molecule has 0 atom stereocenters. The van der Waals surface area contributed by atoms with E-state index in [1.807, 2.05) is 6.07 Å². The average Bonchev–Trinajstić information content (AvgIpc) is 2.42. The minimum atomic E-state index is -0.0837. The first kappa shape index (κ1) is 13.5. The number of hydrogen-bond acceptors (Lipinski definition) is 1. The van der Waals surface area contributed by atoms with E-state index in [9.17, 15) is 4.79 Å². The molecule has 0 N–H and O–H groups in total. The second-order valence-electron chi connectivity index (χ2n) is 3.44. The van der Waals surface area contributed by atoms with Gasteiger partial charge in [0.15, 0.2) is 5.78 Å². The van der Waals surface area contributed by atoms with Crippen LogP contribution in [0.3, 0.4) is 0 Å². The van der Waals surface area contributed by atoms with Crippen molar-refractivity contribution >= 4 is 11.9 Å². The third-order valence-corrected chi connectivity index (χ3v) is 2.11. The Morgan fingerprint density at radius 3 is 2.61 bits per heavy atom. The Labute approximate surface area is 108 Å². The fourth-order valence-electron chi connectivity index (χ4n) is 1.20. The standard InChI is InChI=1S/C17H14O/c1-3-8-15(4-2)11-13-17(18)14-12-16-9-6-5-7-10-16/h3-4,6,8-14H,1-2H2/b13-11+,14-12+,15-8+. The number of hydrogen-bond donors (Lipinski definition) is 0. The maximum atomic E-state index is 11.6. The average molecular weight is 234 g/mol. The zero-order valence-electron chi connectivity index (χ0n) is 10.1. The molecular weight excluding hydrogens is 220 g/mol. The number of allylic oxidation sites excluding steroid dienone is 7. The van der Waals surface area contributed by atoms with Crippen LogP contribution in [0.2, 0.25) is 0 Å². The van der Waals surface area contributed by atoms with E-state index in [0.29, 0.717) is 0 Å². The predicted molar refractivity (Wildman–Crippen MR) is 75.8 cm³/mol.